The molecule has 4 rings (SSSR count). The van der Waals surface area contributed by atoms with Crippen molar-refractivity contribution in [1.29, 1.82) is 0 Å². The number of aromatic nitrogens is 2. The number of pyridine rings is 2. The average molecular weight is 355 g/mol. The number of hydrogen-bond acceptors (Lipinski definition) is 6. The fourth-order valence-corrected chi connectivity index (χ4v) is 3.53. The predicted octanol–water partition coefficient (Wildman–Crippen LogP) is 2.91. The lowest BCUT2D eigenvalue weighted by molar-refractivity contribution is 0.0955. The molecule has 0 saturated carbocycles. The molecule has 0 atom stereocenters. The summed E-state index contributed by atoms with van der Waals surface area (Å²) < 4.78 is 17.3. The monoisotopic (exact) mass is 355 g/mol. The summed E-state index contributed by atoms with van der Waals surface area (Å²) in [4.78, 5) is 11.4. The van der Waals surface area contributed by atoms with Crippen LogP contribution < -0.4 is 14.2 Å². The molecule has 2 aromatic rings. The van der Waals surface area contributed by atoms with E-state index >= 15 is 0 Å². The van der Waals surface area contributed by atoms with E-state index in [2.05, 4.69) is 14.9 Å². The zero-order chi connectivity index (χ0) is 17.9. The van der Waals surface area contributed by atoms with Gasteiger partial charge in [-0.1, -0.05) is 0 Å². The van der Waals surface area contributed by atoms with Crippen LogP contribution in [0.2, 0.25) is 0 Å². The van der Waals surface area contributed by atoms with Crippen LogP contribution in [0, 0.1) is 13.8 Å². The van der Waals surface area contributed by atoms with Crippen LogP contribution in [-0.4, -0.2) is 47.3 Å². The van der Waals surface area contributed by atoms with Crippen molar-refractivity contribution in [1.82, 2.24) is 14.9 Å². The largest absolute Gasteiger partial charge is 0.490 e. The molecular weight excluding hydrogens is 330 g/mol. The van der Waals surface area contributed by atoms with Crippen LogP contribution in [0.3, 0.4) is 0 Å². The third-order valence-corrected chi connectivity index (χ3v) is 4.74. The minimum Gasteiger partial charge on any atom is -0.490 e. The molecule has 1 saturated heterocycles. The van der Waals surface area contributed by atoms with E-state index in [1.165, 1.54) is 0 Å². The first kappa shape index (κ1) is 17.1. The first-order valence-corrected chi connectivity index (χ1v) is 9.25. The molecule has 0 amide bonds. The number of hydrogen-bond donors (Lipinski definition) is 0. The van der Waals surface area contributed by atoms with Gasteiger partial charge in [-0.05, 0) is 38.8 Å². The third-order valence-electron chi connectivity index (χ3n) is 4.74. The second-order valence-corrected chi connectivity index (χ2v) is 6.98. The van der Waals surface area contributed by atoms with Crippen LogP contribution in [0.15, 0.2) is 24.3 Å². The Kier molecular flexibility index (Phi) is 4.93. The van der Waals surface area contributed by atoms with Crippen LogP contribution in [0.1, 0.15) is 29.9 Å². The van der Waals surface area contributed by atoms with Crippen LogP contribution in [0.5, 0.6) is 17.4 Å². The molecule has 0 N–H and O–H groups in total. The standard InChI is InChI=1S/C20H25N3O3/c1-14-11-18(12-15(2)21-14)26-17-5-7-23(8-6-17)13-16-3-4-19-20(22-16)25-10-9-24-19/h3-4,11-12,17H,5-10,13H2,1-2H3. The fourth-order valence-electron chi connectivity index (χ4n) is 3.53. The first-order chi connectivity index (χ1) is 12.7. The number of rotatable bonds is 4. The summed E-state index contributed by atoms with van der Waals surface area (Å²) in [5.41, 5.74) is 3.03. The summed E-state index contributed by atoms with van der Waals surface area (Å²) in [6, 6.07) is 8.01. The summed E-state index contributed by atoms with van der Waals surface area (Å²) in [5.74, 6) is 2.30. The maximum atomic E-state index is 6.17. The van der Waals surface area contributed by atoms with E-state index in [0.717, 1.165) is 61.1 Å². The number of aryl methyl sites for hydroxylation is 2. The Bertz CT molecular complexity index is 753. The van der Waals surface area contributed by atoms with Gasteiger partial charge in [-0.3, -0.25) is 9.88 Å². The molecule has 0 radical (unpaired) electrons. The highest BCUT2D eigenvalue weighted by molar-refractivity contribution is 5.35. The lowest BCUT2D eigenvalue weighted by Crippen LogP contribution is -2.38. The van der Waals surface area contributed by atoms with Crippen LogP contribution >= 0.6 is 0 Å². The molecule has 138 valence electrons. The third kappa shape index (κ3) is 4.07. The highest BCUT2D eigenvalue weighted by Crippen LogP contribution is 2.28. The Hall–Kier alpha value is -2.34. The molecule has 0 aliphatic carbocycles. The molecule has 2 aromatic heterocycles. The molecule has 2 aliphatic rings. The van der Waals surface area contributed by atoms with Crippen molar-refractivity contribution in [3.63, 3.8) is 0 Å². The smallest absolute Gasteiger partial charge is 0.257 e. The Morgan fingerprint density at radius 1 is 1.04 bits per heavy atom. The van der Waals surface area contributed by atoms with Gasteiger partial charge < -0.3 is 14.2 Å². The molecule has 6 nitrogen and oxygen atoms in total. The topological polar surface area (TPSA) is 56.7 Å². The van der Waals surface area contributed by atoms with E-state index in [9.17, 15) is 0 Å². The molecule has 0 aromatic carbocycles. The molecule has 1 fully saturated rings. The fraction of sp³-hybridized carbons (Fsp3) is 0.500. The summed E-state index contributed by atoms with van der Waals surface area (Å²) in [6.45, 7) is 8.01. The Balaban J connectivity index is 1.31. The molecule has 2 aliphatic heterocycles. The molecule has 4 heterocycles. The Labute approximate surface area is 154 Å². The number of likely N-dealkylation sites (tertiary alicyclic amines) is 1. The second-order valence-electron chi connectivity index (χ2n) is 6.98. The van der Waals surface area contributed by atoms with Crippen molar-refractivity contribution < 1.29 is 14.2 Å². The minimum absolute atomic E-state index is 0.265. The van der Waals surface area contributed by atoms with Crippen molar-refractivity contribution in [3.8, 4) is 17.4 Å². The molecule has 0 unspecified atom stereocenters. The normalized spacial score (nSPS) is 17.9. The molecule has 0 spiro atoms. The zero-order valence-electron chi connectivity index (χ0n) is 15.4. The molecule has 0 bridgehead atoms. The van der Waals surface area contributed by atoms with Gasteiger partial charge in [-0.2, -0.15) is 0 Å². The van der Waals surface area contributed by atoms with Gasteiger partial charge in [-0.15, -0.1) is 0 Å². The van der Waals surface area contributed by atoms with E-state index in [4.69, 9.17) is 14.2 Å². The Morgan fingerprint density at radius 3 is 2.54 bits per heavy atom. The Morgan fingerprint density at radius 2 is 1.77 bits per heavy atom. The van der Waals surface area contributed by atoms with Crippen molar-refractivity contribution in [3.05, 3.63) is 41.3 Å². The highest BCUT2D eigenvalue weighted by atomic mass is 16.6. The first-order valence-electron chi connectivity index (χ1n) is 9.25. The van der Waals surface area contributed by atoms with Gasteiger partial charge in [0.25, 0.3) is 5.88 Å². The van der Waals surface area contributed by atoms with Gasteiger partial charge in [0.1, 0.15) is 25.1 Å². The summed E-state index contributed by atoms with van der Waals surface area (Å²) >= 11 is 0. The maximum absolute atomic E-state index is 6.17. The number of piperidine rings is 1. The SMILES string of the molecule is Cc1cc(OC2CCN(Cc3ccc4c(n3)OCCO4)CC2)cc(C)n1. The van der Waals surface area contributed by atoms with Crippen LogP contribution in [-0.2, 0) is 6.54 Å². The van der Waals surface area contributed by atoms with Gasteiger partial charge in [-0.25, -0.2) is 4.98 Å². The lowest BCUT2D eigenvalue weighted by atomic mass is 10.1. The van der Waals surface area contributed by atoms with E-state index in [1.807, 2.05) is 38.1 Å². The van der Waals surface area contributed by atoms with Gasteiger partial charge in [0, 0.05) is 43.2 Å². The zero-order valence-corrected chi connectivity index (χ0v) is 15.4. The predicted molar refractivity (Wildman–Crippen MR) is 97.9 cm³/mol. The van der Waals surface area contributed by atoms with Crippen molar-refractivity contribution >= 4 is 0 Å². The molecule has 26 heavy (non-hydrogen) atoms. The van der Waals surface area contributed by atoms with Gasteiger partial charge in [0.05, 0.1) is 5.69 Å². The van der Waals surface area contributed by atoms with Crippen molar-refractivity contribution in [2.24, 2.45) is 0 Å². The second kappa shape index (κ2) is 7.50. The van der Waals surface area contributed by atoms with E-state index < -0.39 is 0 Å². The summed E-state index contributed by atoms with van der Waals surface area (Å²) in [6.07, 6.45) is 2.30. The van der Waals surface area contributed by atoms with Crippen LogP contribution in [0.25, 0.3) is 0 Å². The summed E-state index contributed by atoms with van der Waals surface area (Å²) in [7, 11) is 0. The molecular formula is C20H25N3O3. The maximum Gasteiger partial charge on any atom is 0.257 e. The highest BCUT2D eigenvalue weighted by Gasteiger charge is 2.22. The number of fused-ring (bicyclic) bond motifs is 1. The summed E-state index contributed by atoms with van der Waals surface area (Å²) in [5, 5.41) is 0. The number of ether oxygens (including phenoxy) is 3. The quantitative estimate of drug-likeness (QED) is 0.841. The van der Waals surface area contributed by atoms with Crippen molar-refractivity contribution in [2.75, 3.05) is 26.3 Å². The van der Waals surface area contributed by atoms with Crippen LogP contribution in [0.4, 0.5) is 0 Å². The van der Waals surface area contributed by atoms with E-state index in [1.54, 1.807) is 0 Å². The number of nitrogens with zero attached hydrogens (tertiary/aromatic N) is 3. The average Bonchev–Trinajstić information content (AvgIpc) is 2.62. The lowest BCUT2D eigenvalue weighted by Gasteiger charge is -2.32. The van der Waals surface area contributed by atoms with Gasteiger partial charge >= 0.3 is 0 Å². The van der Waals surface area contributed by atoms with E-state index in [0.29, 0.717) is 19.1 Å². The van der Waals surface area contributed by atoms with Crippen molar-refractivity contribution in [2.45, 2.75) is 39.3 Å². The minimum atomic E-state index is 0.265. The molecule has 6 heteroatoms. The van der Waals surface area contributed by atoms with Gasteiger partial charge in [0.15, 0.2) is 5.75 Å². The van der Waals surface area contributed by atoms with E-state index in [-0.39, 0.29) is 6.10 Å². The van der Waals surface area contributed by atoms with Gasteiger partial charge in [0.2, 0.25) is 0 Å².